The van der Waals surface area contributed by atoms with Crippen molar-refractivity contribution in [2.75, 3.05) is 13.1 Å². The molecular weight excluding hydrogens is 274 g/mol. The lowest BCUT2D eigenvalue weighted by Gasteiger charge is -2.52. The highest BCUT2D eigenvalue weighted by Gasteiger charge is 2.60. The van der Waals surface area contributed by atoms with Crippen molar-refractivity contribution in [3.05, 3.63) is 36.1 Å². The highest BCUT2D eigenvalue weighted by molar-refractivity contribution is 5.99. The maximum atomic E-state index is 12.8. The van der Waals surface area contributed by atoms with Gasteiger partial charge in [-0.25, -0.2) is 0 Å². The molecule has 1 aliphatic carbocycles. The summed E-state index contributed by atoms with van der Waals surface area (Å²) in [6.07, 6.45) is 7.61. The van der Waals surface area contributed by atoms with E-state index in [-0.39, 0.29) is 0 Å². The van der Waals surface area contributed by atoms with Crippen LogP contribution in [0.1, 0.15) is 42.5 Å². The molecule has 1 atom stereocenters. The fraction of sp³-hybridized carbons (Fsp3) is 0.526. The van der Waals surface area contributed by atoms with E-state index in [2.05, 4.69) is 4.90 Å². The van der Waals surface area contributed by atoms with Crippen LogP contribution in [0.25, 0.3) is 11.0 Å². The first-order valence-electron chi connectivity index (χ1n) is 8.52. The minimum absolute atomic E-state index is 0.313. The molecule has 3 saturated heterocycles. The number of carbonyl (C=O) groups excluding carboxylic acids is 1. The monoisotopic (exact) mass is 295 g/mol. The molecule has 1 spiro atoms. The van der Waals surface area contributed by atoms with E-state index in [0.717, 1.165) is 28.9 Å². The van der Waals surface area contributed by atoms with Crippen molar-refractivity contribution in [3.63, 3.8) is 0 Å². The zero-order valence-corrected chi connectivity index (χ0v) is 12.8. The summed E-state index contributed by atoms with van der Waals surface area (Å²) in [6, 6.07) is 7.77. The Kier molecular flexibility index (Phi) is 2.61. The number of piperidine rings is 3. The number of ketones is 1. The lowest BCUT2D eigenvalue weighted by Crippen LogP contribution is -2.57. The molecule has 1 aromatic heterocycles. The Labute approximate surface area is 130 Å². The van der Waals surface area contributed by atoms with Crippen molar-refractivity contribution in [2.45, 2.75) is 37.6 Å². The Balaban J connectivity index is 1.42. The fourth-order valence-electron chi connectivity index (χ4n) is 5.05. The largest absolute Gasteiger partial charge is 0.464 e. The van der Waals surface area contributed by atoms with Crippen LogP contribution in [0.2, 0.25) is 0 Å². The number of fused-ring (bicyclic) bond motifs is 3. The molecule has 2 bridgehead atoms. The number of benzene rings is 1. The summed E-state index contributed by atoms with van der Waals surface area (Å²) in [6.45, 7) is 2.52. The van der Waals surface area contributed by atoms with Crippen LogP contribution in [0.15, 0.2) is 34.9 Å². The van der Waals surface area contributed by atoms with E-state index in [1.165, 1.54) is 38.8 Å². The van der Waals surface area contributed by atoms with Crippen LogP contribution in [-0.4, -0.2) is 29.3 Å². The van der Waals surface area contributed by atoms with Crippen LogP contribution in [-0.2, 0) is 0 Å². The van der Waals surface area contributed by atoms with Crippen molar-refractivity contribution in [2.24, 2.45) is 11.8 Å². The Morgan fingerprint density at radius 1 is 1.23 bits per heavy atom. The summed E-state index contributed by atoms with van der Waals surface area (Å²) in [7, 11) is 0. The van der Waals surface area contributed by atoms with E-state index in [1.54, 1.807) is 6.26 Å². The van der Waals surface area contributed by atoms with Crippen LogP contribution in [0.4, 0.5) is 0 Å². The van der Waals surface area contributed by atoms with Crippen molar-refractivity contribution in [1.29, 1.82) is 0 Å². The van der Waals surface area contributed by atoms with Gasteiger partial charge in [0.2, 0.25) is 0 Å². The maximum Gasteiger partial charge on any atom is 0.163 e. The summed E-state index contributed by atoms with van der Waals surface area (Å²) >= 11 is 0. The zero-order valence-electron chi connectivity index (χ0n) is 12.8. The van der Waals surface area contributed by atoms with Gasteiger partial charge in [-0.1, -0.05) is 0 Å². The molecule has 4 fully saturated rings. The van der Waals surface area contributed by atoms with Crippen LogP contribution in [0, 0.1) is 11.8 Å². The number of rotatable bonds is 3. The summed E-state index contributed by atoms with van der Waals surface area (Å²) in [5.74, 6) is 1.67. The zero-order chi connectivity index (χ0) is 14.7. The molecule has 114 valence electrons. The molecule has 3 aliphatic heterocycles. The fourth-order valence-corrected chi connectivity index (χ4v) is 5.05. The van der Waals surface area contributed by atoms with Crippen molar-refractivity contribution >= 4 is 16.8 Å². The molecule has 0 amide bonds. The SMILES string of the molecule is O=C(CC1C2CCN(CC2)C12CC2)c1ccc2occc2c1. The van der Waals surface area contributed by atoms with Crippen LogP contribution in [0.3, 0.4) is 0 Å². The first-order valence-corrected chi connectivity index (χ1v) is 8.52. The quantitative estimate of drug-likeness (QED) is 0.806. The van der Waals surface area contributed by atoms with Gasteiger partial charge in [0.05, 0.1) is 6.26 Å². The van der Waals surface area contributed by atoms with Gasteiger partial charge < -0.3 is 4.42 Å². The second-order valence-electron chi connectivity index (χ2n) is 7.34. The van der Waals surface area contributed by atoms with E-state index >= 15 is 0 Å². The Hall–Kier alpha value is -1.61. The predicted molar refractivity (Wildman–Crippen MR) is 84.9 cm³/mol. The molecule has 3 nitrogen and oxygen atoms in total. The van der Waals surface area contributed by atoms with Crippen molar-refractivity contribution in [1.82, 2.24) is 4.90 Å². The molecule has 0 N–H and O–H groups in total. The first kappa shape index (κ1) is 12.9. The molecular formula is C19H21NO2. The van der Waals surface area contributed by atoms with Gasteiger partial charge in [-0.3, -0.25) is 9.69 Å². The second-order valence-corrected chi connectivity index (χ2v) is 7.34. The molecule has 22 heavy (non-hydrogen) atoms. The van der Waals surface area contributed by atoms with E-state index < -0.39 is 0 Å². The van der Waals surface area contributed by atoms with E-state index in [4.69, 9.17) is 4.42 Å². The topological polar surface area (TPSA) is 33.5 Å². The first-order chi connectivity index (χ1) is 10.8. The molecule has 3 heteroatoms. The van der Waals surface area contributed by atoms with Crippen LogP contribution < -0.4 is 0 Å². The van der Waals surface area contributed by atoms with Crippen LogP contribution >= 0.6 is 0 Å². The van der Waals surface area contributed by atoms with Crippen molar-refractivity contribution < 1.29 is 9.21 Å². The molecule has 0 radical (unpaired) electrons. The number of Topliss-reactive ketones (excluding diaryl/α,β-unsaturated/α-hetero) is 1. The minimum Gasteiger partial charge on any atom is -0.464 e. The van der Waals surface area contributed by atoms with E-state index in [0.29, 0.717) is 17.2 Å². The smallest absolute Gasteiger partial charge is 0.163 e. The second kappa shape index (κ2) is 4.45. The average molecular weight is 295 g/mol. The standard InChI is InChI=1S/C19H21NO2/c21-17(14-1-2-18-15(11-14)5-10-22-18)12-16-13-3-8-20(9-4-13)19(16)6-7-19/h1-2,5,10-11,13,16H,3-4,6-9,12H2. The van der Waals surface area contributed by atoms with Gasteiger partial charge in [0.25, 0.3) is 0 Å². The molecule has 1 aromatic carbocycles. The molecule has 4 aliphatic rings. The van der Waals surface area contributed by atoms with Gasteiger partial charge in [0, 0.05) is 22.9 Å². The highest BCUT2D eigenvalue weighted by Crippen LogP contribution is 2.58. The molecule has 1 unspecified atom stereocenters. The number of furan rings is 1. The normalized spacial score (nSPS) is 31.7. The lowest BCUT2D eigenvalue weighted by molar-refractivity contribution is -0.0274. The van der Waals surface area contributed by atoms with Crippen molar-refractivity contribution in [3.8, 4) is 0 Å². The van der Waals surface area contributed by atoms with Gasteiger partial charge in [0.15, 0.2) is 5.78 Å². The molecule has 4 heterocycles. The Bertz CT molecular complexity index is 735. The minimum atomic E-state index is 0.313. The summed E-state index contributed by atoms with van der Waals surface area (Å²) < 4.78 is 5.37. The third-order valence-corrected chi connectivity index (χ3v) is 6.37. The number of carbonyl (C=O) groups is 1. The summed E-state index contributed by atoms with van der Waals surface area (Å²) in [4.78, 5) is 15.5. The van der Waals surface area contributed by atoms with E-state index in [9.17, 15) is 4.79 Å². The van der Waals surface area contributed by atoms with E-state index in [1.807, 2.05) is 24.3 Å². The Morgan fingerprint density at radius 2 is 2.05 bits per heavy atom. The maximum absolute atomic E-state index is 12.8. The molecule has 1 saturated carbocycles. The highest BCUT2D eigenvalue weighted by atomic mass is 16.3. The molecule has 6 rings (SSSR count). The number of hydrogen-bond acceptors (Lipinski definition) is 3. The average Bonchev–Trinajstić information content (AvgIpc) is 3.18. The van der Waals surface area contributed by atoms with Gasteiger partial charge in [0.1, 0.15) is 5.58 Å². The third-order valence-electron chi connectivity index (χ3n) is 6.37. The van der Waals surface area contributed by atoms with Gasteiger partial charge in [-0.05, 0) is 74.9 Å². The predicted octanol–water partition coefficient (Wildman–Crippen LogP) is 3.88. The van der Waals surface area contributed by atoms with Gasteiger partial charge in [-0.2, -0.15) is 0 Å². The van der Waals surface area contributed by atoms with Gasteiger partial charge in [-0.15, -0.1) is 0 Å². The summed E-state index contributed by atoms with van der Waals surface area (Å²) in [5, 5.41) is 1.03. The number of hydrogen-bond donors (Lipinski definition) is 0. The van der Waals surface area contributed by atoms with Gasteiger partial charge >= 0.3 is 0 Å². The number of nitrogens with zero attached hydrogens (tertiary/aromatic N) is 1. The lowest BCUT2D eigenvalue weighted by atomic mass is 9.69. The summed E-state index contributed by atoms with van der Waals surface area (Å²) in [5.41, 5.74) is 2.11. The molecule has 2 aromatic rings. The van der Waals surface area contributed by atoms with Crippen LogP contribution in [0.5, 0.6) is 0 Å². The third kappa shape index (κ3) is 1.75. The Morgan fingerprint density at radius 3 is 2.82 bits per heavy atom.